The van der Waals surface area contributed by atoms with Crippen LogP contribution in [-0.2, 0) is 16.0 Å². The molecule has 1 N–H and O–H groups in total. The number of amides is 2. The molecular formula is C18H23ClN4O3. The zero-order valence-corrected chi connectivity index (χ0v) is 16.0. The lowest BCUT2D eigenvalue weighted by Gasteiger charge is -2.35. The molecule has 2 amide bonds. The van der Waals surface area contributed by atoms with Crippen molar-refractivity contribution in [1.29, 1.82) is 0 Å². The van der Waals surface area contributed by atoms with Crippen molar-refractivity contribution in [3.63, 3.8) is 0 Å². The van der Waals surface area contributed by atoms with Gasteiger partial charge in [-0.25, -0.2) is 9.78 Å². The van der Waals surface area contributed by atoms with E-state index in [-0.39, 0.29) is 18.4 Å². The highest BCUT2D eigenvalue weighted by atomic mass is 35.5. The highest BCUT2D eigenvalue weighted by Crippen LogP contribution is 2.24. The normalized spacial score (nSPS) is 15.4. The minimum atomic E-state index is -0.521. The third-order valence-corrected chi connectivity index (χ3v) is 4.55. The van der Waals surface area contributed by atoms with Gasteiger partial charge in [-0.2, -0.15) is 0 Å². The van der Waals surface area contributed by atoms with Crippen LogP contribution >= 0.6 is 11.6 Å². The quantitative estimate of drug-likeness (QED) is 0.815. The van der Waals surface area contributed by atoms with E-state index < -0.39 is 5.60 Å². The number of hydrogen-bond donors (Lipinski definition) is 1. The molecule has 0 unspecified atom stereocenters. The van der Waals surface area contributed by atoms with Crippen molar-refractivity contribution >= 4 is 34.5 Å². The fourth-order valence-electron chi connectivity index (χ4n) is 2.95. The summed E-state index contributed by atoms with van der Waals surface area (Å²) in [4.78, 5) is 35.4. The van der Waals surface area contributed by atoms with E-state index in [1.165, 1.54) is 0 Å². The third-order valence-electron chi connectivity index (χ3n) is 4.25. The zero-order valence-electron chi connectivity index (χ0n) is 15.2. The molecule has 7 nitrogen and oxygen atoms in total. The van der Waals surface area contributed by atoms with Crippen LogP contribution in [0.3, 0.4) is 0 Å². The van der Waals surface area contributed by atoms with E-state index in [0.29, 0.717) is 31.3 Å². The molecule has 8 heteroatoms. The number of H-pyrrole nitrogens is 1. The van der Waals surface area contributed by atoms with Gasteiger partial charge in [0.2, 0.25) is 5.91 Å². The number of carbonyl (C=O) groups excluding carboxylic acids is 2. The van der Waals surface area contributed by atoms with Gasteiger partial charge >= 0.3 is 6.09 Å². The maximum Gasteiger partial charge on any atom is 0.410 e. The molecule has 3 heterocycles. The number of piperazine rings is 1. The molecule has 0 radical (unpaired) electrons. The largest absolute Gasteiger partial charge is 0.444 e. The Bertz CT molecular complexity index is 819. The predicted molar refractivity (Wildman–Crippen MR) is 99.2 cm³/mol. The maximum absolute atomic E-state index is 12.6. The number of hydrogen-bond acceptors (Lipinski definition) is 4. The van der Waals surface area contributed by atoms with Gasteiger partial charge in [0.05, 0.1) is 11.9 Å². The molecule has 26 heavy (non-hydrogen) atoms. The molecule has 0 saturated carbocycles. The standard InChI is InChI=1S/C18H23ClN4O3/c1-18(2,3)26-17(25)23-8-6-22(7-9-23)14(24)10-12-11-21-16(19)13-4-5-20-15(12)13/h4-5,11,20H,6-10H2,1-3H3. The van der Waals surface area contributed by atoms with Gasteiger partial charge in [0.15, 0.2) is 0 Å². The second kappa shape index (κ2) is 7.15. The summed E-state index contributed by atoms with van der Waals surface area (Å²) in [6, 6.07) is 1.85. The molecule has 140 valence electrons. The van der Waals surface area contributed by atoms with Gasteiger partial charge < -0.3 is 19.5 Å². The van der Waals surface area contributed by atoms with Crippen LogP contribution in [0.25, 0.3) is 10.9 Å². The molecule has 1 fully saturated rings. The number of carbonyl (C=O) groups is 2. The van der Waals surface area contributed by atoms with Gasteiger partial charge in [-0.15, -0.1) is 0 Å². The van der Waals surface area contributed by atoms with E-state index in [2.05, 4.69) is 9.97 Å². The van der Waals surface area contributed by atoms with Crippen molar-refractivity contribution in [1.82, 2.24) is 19.8 Å². The average molecular weight is 379 g/mol. The molecule has 2 aromatic rings. The van der Waals surface area contributed by atoms with Crippen LogP contribution in [-0.4, -0.2) is 63.5 Å². The summed E-state index contributed by atoms with van der Waals surface area (Å²) < 4.78 is 5.38. The first kappa shape index (κ1) is 18.5. The Labute approximate surface area is 157 Å². The lowest BCUT2D eigenvalue weighted by Crippen LogP contribution is -2.52. The van der Waals surface area contributed by atoms with Gasteiger partial charge in [-0.3, -0.25) is 4.79 Å². The van der Waals surface area contributed by atoms with Crippen molar-refractivity contribution in [2.24, 2.45) is 0 Å². The van der Waals surface area contributed by atoms with Crippen molar-refractivity contribution in [2.45, 2.75) is 32.8 Å². The van der Waals surface area contributed by atoms with E-state index in [0.717, 1.165) is 16.5 Å². The summed E-state index contributed by atoms with van der Waals surface area (Å²) in [5.41, 5.74) is 1.13. The summed E-state index contributed by atoms with van der Waals surface area (Å²) in [5.74, 6) is 0.00820. The van der Waals surface area contributed by atoms with Gasteiger partial charge in [0, 0.05) is 49.5 Å². The smallest absolute Gasteiger partial charge is 0.410 e. The number of nitrogens with one attached hydrogen (secondary N) is 1. The lowest BCUT2D eigenvalue weighted by molar-refractivity contribution is -0.132. The summed E-state index contributed by atoms with van der Waals surface area (Å²) >= 11 is 6.07. The number of fused-ring (bicyclic) bond motifs is 1. The molecule has 1 saturated heterocycles. The second-order valence-corrected chi connectivity index (χ2v) is 7.72. The van der Waals surface area contributed by atoms with Gasteiger partial charge in [0.25, 0.3) is 0 Å². The first-order chi connectivity index (χ1) is 12.2. The Morgan fingerprint density at radius 3 is 2.54 bits per heavy atom. The molecule has 0 aromatic carbocycles. The third kappa shape index (κ3) is 4.09. The molecule has 0 atom stereocenters. The minimum absolute atomic E-state index is 0.00820. The highest BCUT2D eigenvalue weighted by molar-refractivity contribution is 6.34. The summed E-state index contributed by atoms with van der Waals surface area (Å²) in [7, 11) is 0. The molecular weight excluding hydrogens is 356 g/mol. The van der Waals surface area contributed by atoms with E-state index >= 15 is 0 Å². The Hall–Kier alpha value is -2.28. The van der Waals surface area contributed by atoms with Gasteiger partial charge in [-0.1, -0.05) is 11.6 Å². The van der Waals surface area contributed by atoms with Crippen LogP contribution < -0.4 is 0 Å². The Kier molecular flexibility index (Phi) is 5.09. The topological polar surface area (TPSA) is 78.5 Å². The van der Waals surface area contributed by atoms with Crippen LogP contribution in [0.2, 0.25) is 5.15 Å². The number of ether oxygens (including phenoxy) is 1. The maximum atomic E-state index is 12.6. The minimum Gasteiger partial charge on any atom is -0.444 e. The highest BCUT2D eigenvalue weighted by Gasteiger charge is 2.27. The van der Waals surface area contributed by atoms with Crippen molar-refractivity contribution in [2.75, 3.05) is 26.2 Å². The van der Waals surface area contributed by atoms with E-state index in [1.54, 1.807) is 22.2 Å². The van der Waals surface area contributed by atoms with E-state index in [1.807, 2.05) is 26.8 Å². The first-order valence-electron chi connectivity index (χ1n) is 8.61. The Morgan fingerprint density at radius 1 is 1.23 bits per heavy atom. The van der Waals surface area contributed by atoms with Crippen molar-refractivity contribution in [3.05, 3.63) is 29.2 Å². The number of rotatable bonds is 2. The summed E-state index contributed by atoms with van der Waals surface area (Å²) in [5, 5.41) is 1.23. The zero-order chi connectivity index (χ0) is 18.9. The molecule has 2 aromatic heterocycles. The van der Waals surface area contributed by atoms with Crippen LogP contribution in [0.4, 0.5) is 4.79 Å². The first-order valence-corrected chi connectivity index (χ1v) is 8.98. The Balaban J connectivity index is 1.59. The van der Waals surface area contributed by atoms with Crippen LogP contribution in [0.5, 0.6) is 0 Å². The molecule has 0 spiro atoms. The number of halogens is 1. The van der Waals surface area contributed by atoms with E-state index in [9.17, 15) is 9.59 Å². The number of pyridine rings is 1. The number of nitrogens with zero attached hydrogens (tertiary/aromatic N) is 3. The molecule has 0 bridgehead atoms. The molecule has 1 aliphatic rings. The molecule has 3 rings (SSSR count). The van der Waals surface area contributed by atoms with E-state index in [4.69, 9.17) is 16.3 Å². The summed E-state index contributed by atoms with van der Waals surface area (Å²) in [6.07, 6.45) is 3.33. The van der Waals surface area contributed by atoms with Gasteiger partial charge in [-0.05, 0) is 26.8 Å². The monoisotopic (exact) mass is 378 g/mol. The second-order valence-electron chi connectivity index (χ2n) is 7.37. The van der Waals surface area contributed by atoms with Gasteiger partial charge in [0.1, 0.15) is 10.8 Å². The predicted octanol–water partition coefficient (Wildman–Crippen LogP) is 2.84. The van der Waals surface area contributed by atoms with Crippen LogP contribution in [0.15, 0.2) is 18.5 Å². The fourth-order valence-corrected chi connectivity index (χ4v) is 3.16. The van der Waals surface area contributed by atoms with Crippen LogP contribution in [0.1, 0.15) is 26.3 Å². The van der Waals surface area contributed by atoms with Crippen molar-refractivity contribution in [3.8, 4) is 0 Å². The average Bonchev–Trinajstić information content (AvgIpc) is 3.07. The molecule has 0 aliphatic carbocycles. The molecule has 1 aliphatic heterocycles. The SMILES string of the molecule is CC(C)(C)OC(=O)N1CCN(C(=O)Cc2cnc(Cl)c3cc[nH]c23)CC1. The fraction of sp³-hybridized carbons (Fsp3) is 0.500. The Morgan fingerprint density at radius 2 is 1.88 bits per heavy atom. The number of aromatic amines is 1. The van der Waals surface area contributed by atoms with Crippen molar-refractivity contribution < 1.29 is 14.3 Å². The number of aromatic nitrogens is 2. The van der Waals surface area contributed by atoms with Crippen LogP contribution in [0, 0.1) is 0 Å². The summed E-state index contributed by atoms with van der Waals surface area (Å²) in [6.45, 7) is 7.44. The lowest BCUT2D eigenvalue weighted by atomic mass is 10.1.